The van der Waals surface area contributed by atoms with E-state index in [1.165, 1.54) is 10.9 Å². The van der Waals surface area contributed by atoms with Gasteiger partial charge in [0.2, 0.25) is 0 Å². The summed E-state index contributed by atoms with van der Waals surface area (Å²) in [4.78, 5) is 15.6. The normalized spacial score (nSPS) is 10.7. The van der Waals surface area contributed by atoms with Gasteiger partial charge in [0.25, 0.3) is 5.91 Å². The lowest BCUT2D eigenvalue weighted by Gasteiger charge is -2.10. The van der Waals surface area contributed by atoms with E-state index in [9.17, 15) is 4.79 Å². The first kappa shape index (κ1) is 15.2. The largest absolute Gasteiger partial charge is 0.496 e. The molecule has 1 amide bonds. The Hall–Kier alpha value is -2.75. The Morgan fingerprint density at radius 2 is 2.00 bits per heavy atom. The highest BCUT2D eigenvalue weighted by molar-refractivity contribution is 5.96. The highest BCUT2D eigenvalue weighted by atomic mass is 16.5. The van der Waals surface area contributed by atoms with Crippen LogP contribution in [0.5, 0.6) is 5.75 Å². The maximum absolute atomic E-state index is 12.4. The molecule has 4 nitrogen and oxygen atoms in total. The van der Waals surface area contributed by atoms with Gasteiger partial charge in [0.1, 0.15) is 5.75 Å². The van der Waals surface area contributed by atoms with Crippen molar-refractivity contribution < 1.29 is 9.53 Å². The second-order valence-corrected chi connectivity index (χ2v) is 5.50. The number of rotatable bonds is 5. The van der Waals surface area contributed by atoms with Crippen molar-refractivity contribution in [2.45, 2.75) is 13.3 Å². The summed E-state index contributed by atoms with van der Waals surface area (Å²) in [5, 5.41) is 4.19. The molecule has 0 atom stereocenters. The number of hydrogen-bond donors (Lipinski definition) is 2. The van der Waals surface area contributed by atoms with Gasteiger partial charge in [0, 0.05) is 34.8 Å². The lowest BCUT2D eigenvalue weighted by Crippen LogP contribution is -2.26. The van der Waals surface area contributed by atoms with Gasteiger partial charge in [-0.15, -0.1) is 0 Å². The van der Waals surface area contributed by atoms with Gasteiger partial charge in [-0.1, -0.05) is 24.3 Å². The third-order valence-electron chi connectivity index (χ3n) is 4.10. The molecule has 0 radical (unpaired) electrons. The van der Waals surface area contributed by atoms with Gasteiger partial charge in [-0.05, 0) is 37.1 Å². The van der Waals surface area contributed by atoms with E-state index in [0.717, 1.165) is 23.3 Å². The molecule has 0 spiro atoms. The molecule has 0 saturated heterocycles. The molecule has 4 heteroatoms. The number of aromatic nitrogens is 1. The summed E-state index contributed by atoms with van der Waals surface area (Å²) in [6.07, 6.45) is 2.80. The Morgan fingerprint density at radius 1 is 1.17 bits per heavy atom. The predicted octanol–water partition coefficient (Wildman–Crippen LogP) is 3.46. The molecule has 0 bridgehead atoms. The third kappa shape index (κ3) is 3.06. The monoisotopic (exact) mass is 308 g/mol. The highest BCUT2D eigenvalue weighted by Crippen LogP contribution is 2.21. The van der Waals surface area contributed by atoms with Crippen molar-refractivity contribution in [2.75, 3.05) is 13.7 Å². The summed E-state index contributed by atoms with van der Waals surface area (Å²) >= 11 is 0. The fourth-order valence-electron chi connectivity index (χ4n) is 2.83. The van der Waals surface area contributed by atoms with Crippen LogP contribution >= 0.6 is 0 Å². The number of carbonyl (C=O) groups excluding carboxylic acids is 1. The third-order valence-corrected chi connectivity index (χ3v) is 4.10. The van der Waals surface area contributed by atoms with Crippen LogP contribution in [0.25, 0.3) is 10.9 Å². The maximum Gasteiger partial charge on any atom is 0.251 e. The summed E-state index contributed by atoms with van der Waals surface area (Å²) < 4.78 is 5.26. The van der Waals surface area contributed by atoms with Crippen LogP contribution in [0.1, 0.15) is 21.5 Å². The van der Waals surface area contributed by atoms with Gasteiger partial charge in [-0.3, -0.25) is 4.79 Å². The van der Waals surface area contributed by atoms with Crippen LogP contribution in [0.2, 0.25) is 0 Å². The number of amides is 1. The fraction of sp³-hybridized carbons (Fsp3) is 0.211. The summed E-state index contributed by atoms with van der Waals surface area (Å²) in [5.41, 5.74) is 3.85. The number of methoxy groups -OCH3 is 1. The standard InChI is InChI=1S/C19H20N2O2/c1-13-15(7-5-9-18(13)23-2)19(22)20-11-10-14-12-21-17-8-4-3-6-16(14)17/h3-9,12,21H,10-11H2,1-2H3,(H,20,22). The van der Waals surface area contributed by atoms with Gasteiger partial charge in [-0.25, -0.2) is 0 Å². The van der Waals surface area contributed by atoms with Crippen molar-refractivity contribution in [1.29, 1.82) is 0 Å². The number of nitrogens with one attached hydrogen (secondary N) is 2. The number of aromatic amines is 1. The molecule has 23 heavy (non-hydrogen) atoms. The van der Waals surface area contributed by atoms with Crippen LogP contribution in [0.3, 0.4) is 0 Å². The van der Waals surface area contributed by atoms with Crippen molar-refractivity contribution in [1.82, 2.24) is 10.3 Å². The number of carbonyl (C=O) groups is 1. The first-order valence-corrected chi connectivity index (χ1v) is 7.67. The van der Waals surface area contributed by atoms with E-state index in [2.05, 4.69) is 22.4 Å². The molecule has 0 aliphatic rings. The van der Waals surface area contributed by atoms with E-state index in [0.29, 0.717) is 12.1 Å². The Labute approximate surface area is 135 Å². The Bertz CT molecular complexity index is 836. The van der Waals surface area contributed by atoms with E-state index in [1.807, 2.05) is 43.5 Å². The van der Waals surface area contributed by atoms with Crippen molar-refractivity contribution >= 4 is 16.8 Å². The number of benzene rings is 2. The molecule has 0 aliphatic carbocycles. The topological polar surface area (TPSA) is 54.1 Å². The molecule has 2 aromatic carbocycles. The second kappa shape index (κ2) is 6.57. The van der Waals surface area contributed by atoms with Crippen molar-refractivity contribution in [3.8, 4) is 5.75 Å². The van der Waals surface area contributed by atoms with Crippen LogP contribution in [0, 0.1) is 6.92 Å². The zero-order valence-corrected chi connectivity index (χ0v) is 13.3. The maximum atomic E-state index is 12.4. The zero-order valence-electron chi connectivity index (χ0n) is 13.3. The van der Waals surface area contributed by atoms with Crippen LogP contribution in [0.4, 0.5) is 0 Å². The summed E-state index contributed by atoms with van der Waals surface area (Å²) in [6, 6.07) is 13.7. The fourth-order valence-corrected chi connectivity index (χ4v) is 2.83. The Balaban J connectivity index is 1.66. The first-order valence-electron chi connectivity index (χ1n) is 7.67. The average molecular weight is 308 g/mol. The Kier molecular flexibility index (Phi) is 4.33. The molecule has 1 aromatic heterocycles. The average Bonchev–Trinajstić information content (AvgIpc) is 2.98. The molecule has 0 unspecified atom stereocenters. The van der Waals surface area contributed by atoms with Crippen LogP contribution in [-0.2, 0) is 6.42 Å². The number of fused-ring (bicyclic) bond motifs is 1. The van der Waals surface area contributed by atoms with E-state index in [-0.39, 0.29) is 5.91 Å². The molecule has 118 valence electrons. The molecule has 1 heterocycles. The molecule has 0 fully saturated rings. The minimum atomic E-state index is -0.0683. The zero-order chi connectivity index (χ0) is 16.2. The number of ether oxygens (including phenoxy) is 1. The first-order chi connectivity index (χ1) is 11.2. The van der Waals surface area contributed by atoms with Crippen LogP contribution < -0.4 is 10.1 Å². The summed E-state index contributed by atoms with van der Waals surface area (Å²) in [5.74, 6) is 0.663. The van der Waals surface area contributed by atoms with Gasteiger partial charge < -0.3 is 15.0 Å². The van der Waals surface area contributed by atoms with Gasteiger partial charge in [0.15, 0.2) is 0 Å². The van der Waals surface area contributed by atoms with Crippen molar-refractivity contribution in [3.05, 3.63) is 65.4 Å². The van der Waals surface area contributed by atoms with Crippen molar-refractivity contribution in [2.24, 2.45) is 0 Å². The lowest BCUT2D eigenvalue weighted by molar-refractivity contribution is 0.0953. The molecule has 0 saturated carbocycles. The van der Waals surface area contributed by atoms with Crippen molar-refractivity contribution in [3.63, 3.8) is 0 Å². The molecule has 2 N–H and O–H groups in total. The SMILES string of the molecule is COc1cccc(C(=O)NCCc2c[nH]c3ccccc23)c1C. The smallest absolute Gasteiger partial charge is 0.251 e. The highest BCUT2D eigenvalue weighted by Gasteiger charge is 2.12. The number of hydrogen-bond acceptors (Lipinski definition) is 2. The van der Waals surface area contributed by atoms with Gasteiger partial charge in [0.05, 0.1) is 7.11 Å². The second-order valence-electron chi connectivity index (χ2n) is 5.50. The van der Waals surface area contributed by atoms with E-state index < -0.39 is 0 Å². The van der Waals surface area contributed by atoms with Crippen LogP contribution in [-0.4, -0.2) is 24.5 Å². The molecule has 0 aliphatic heterocycles. The van der Waals surface area contributed by atoms with Crippen LogP contribution in [0.15, 0.2) is 48.7 Å². The van der Waals surface area contributed by atoms with Gasteiger partial charge in [-0.2, -0.15) is 0 Å². The van der Waals surface area contributed by atoms with Gasteiger partial charge >= 0.3 is 0 Å². The molecule has 3 rings (SSSR count). The summed E-state index contributed by atoms with van der Waals surface area (Å²) in [6.45, 7) is 2.49. The molecule has 3 aromatic rings. The number of para-hydroxylation sites is 1. The van der Waals surface area contributed by atoms with E-state index in [4.69, 9.17) is 4.74 Å². The molecular formula is C19H20N2O2. The van der Waals surface area contributed by atoms with E-state index in [1.54, 1.807) is 7.11 Å². The van der Waals surface area contributed by atoms with E-state index >= 15 is 0 Å². The number of H-pyrrole nitrogens is 1. The Morgan fingerprint density at radius 3 is 2.83 bits per heavy atom. The summed E-state index contributed by atoms with van der Waals surface area (Å²) in [7, 11) is 1.61. The predicted molar refractivity (Wildman–Crippen MR) is 92.1 cm³/mol. The quantitative estimate of drug-likeness (QED) is 0.758. The molecular weight excluding hydrogens is 288 g/mol. The lowest BCUT2D eigenvalue weighted by atomic mass is 10.1. The minimum absolute atomic E-state index is 0.0683. The minimum Gasteiger partial charge on any atom is -0.496 e.